The van der Waals surface area contributed by atoms with Crippen LogP contribution in [0, 0.1) is 0 Å². The van der Waals surface area contributed by atoms with Crippen LogP contribution in [0.2, 0.25) is 0 Å². The molecule has 0 amide bonds. The maximum Gasteiger partial charge on any atom is 1.00 e. The van der Waals surface area contributed by atoms with E-state index in [1.807, 2.05) is 0 Å². The zero-order chi connectivity index (χ0) is 21.8. The molecule has 0 aliphatic carbocycles. The van der Waals surface area contributed by atoms with E-state index >= 15 is 0 Å². The summed E-state index contributed by atoms with van der Waals surface area (Å²) < 4.78 is 34.6. The molecule has 0 radical (unpaired) electrons. The van der Waals surface area contributed by atoms with Crippen LogP contribution < -0.4 is 51.4 Å². The number of unbranched alkanes of at least 4 members (excludes halogenated alkanes) is 14. The summed E-state index contributed by atoms with van der Waals surface area (Å²) in [6.45, 7) is 4.36. The van der Waals surface area contributed by atoms with Crippen molar-refractivity contribution in [3.8, 4) is 0 Å². The van der Waals surface area contributed by atoms with Crippen LogP contribution in [0.1, 0.15) is 142 Å². The van der Waals surface area contributed by atoms with Crippen molar-refractivity contribution < 1.29 is 69.5 Å². The number of rotatable bonds is 22. The molecule has 0 bridgehead atoms. The summed E-state index contributed by atoms with van der Waals surface area (Å²) in [5.74, 6) is 0. The smallest absolute Gasteiger partial charge is 0.748 e. The largest absolute Gasteiger partial charge is 1.00 e. The average molecular weight is 473 g/mol. The van der Waals surface area contributed by atoms with Crippen molar-refractivity contribution in [2.24, 2.45) is 0 Å². The van der Waals surface area contributed by atoms with Gasteiger partial charge in [0.1, 0.15) is 0 Å². The van der Waals surface area contributed by atoms with Crippen LogP contribution in [0.25, 0.3) is 0 Å². The van der Waals surface area contributed by atoms with Gasteiger partial charge in [0.2, 0.25) is 0 Å². The standard InChI is InChI=1S/C24H50O4S.K/c1-3-5-7-8-9-10-11-12-13-14-15-16-18-20-24(29(26,27)28)22-21-23(25)19-17-6-4-2;/h23-25H,3-22H2,1-2H3,(H,26,27,28);/q;+1/p-1. The third-order valence-corrected chi connectivity index (χ3v) is 7.29. The molecule has 0 aliphatic rings. The predicted molar refractivity (Wildman–Crippen MR) is 123 cm³/mol. The number of hydrogen-bond donors (Lipinski definition) is 1. The van der Waals surface area contributed by atoms with Crippen molar-refractivity contribution in [1.82, 2.24) is 0 Å². The average Bonchev–Trinajstić information content (AvgIpc) is 2.67. The Balaban J connectivity index is 0. The minimum absolute atomic E-state index is 0. The first-order valence-corrected chi connectivity index (χ1v) is 14.0. The molecule has 0 aromatic rings. The first kappa shape index (κ1) is 33.7. The molecule has 30 heavy (non-hydrogen) atoms. The van der Waals surface area contributed by atoms with Crippen LogP contribution in [0.4, 0.5) is 0 Å². The molecule has 0 rings (SSSR count). The van der Waals surface area contributed by atoms with Crippen LogP contribution >= 0.6 is 0 Å². The van der Waals surface area contributed by atoms with Crippen molar-refractivity contribution in [2.75, 3.05) is 0 Å². The Labute approximate surface area is 230 Å². The van der Waals surface area contributed by atoms with Crippen molar-refractivity contribution >= 4 is 10.1 Å². The van der Waals surface area contributed by atoms with Crippen LogP contribution in [0.5, 0.6) is 0 Å². The maximum atomic E-state index is 11.5. The van der Waals surface area contributed by atoms with E-state index in [9.17, 15) is 18.1 Å². The van der Waals surface area contributed by atoms with Gasteiger partial charge < -0.3 is 9.66 Å². The number of hydrogen-bond acceptors (Lipinski definition) is 4. The quantitative estimate of drug-likeness (QED) is 0.146. The van der Waals surface area contributed by atoms with Gasteiger partial charge in [-0.2, -0.15) is 0 Å². The van der Waals surface area contributed by atoms with Crippen LogP contribution in [-0.2, 0) is 10.1 Å². The van der Waals surface area contributed by atoms with Crippen molar-refractivity contribution in [2.45, 2.75) is 154 Å². The van der Waals surface area contributed by atoms with Crippen LogP contribution in [0.3, 0.4) is 0 Å². The van der Waals surface area contributed by atoms with Crippen molar-refractivity contribution in [3.63, 3.8) is 0 Å². The molecule has 1 N–H and O–H groups in total. The molecule has 2 atom stereocenters. The summed E-state index contributed by atoms with van der Waals surface area (Å²) in [6, 6.07) is 0. The van der Waals surface area contributed by atoms with E-state index < -0.39 is 21.5 Å². The molecule has 0 aromatic heterocycles. The Morgan fingerprint density at radius 2 is 0.967 bits per heavy atom. The van der Waals surface area contributed by atoms with Gasteiger partial charge in [-0.25, -0.2) is 8.42 Å². The molecule has 4 nitrogen and oxygen atoms in total. The molecule has 0 heterocycles. The van der Waals surface area contributed by atoms with Gasteiger partial charge in [0, 0.05) is 5.25 Å². The first-order valence-electron chi connectivity index (χ1n) is 12.5. The second-order valence-electron chi connectivity index (χ2n) is 8.87. The molecule has 0 saturated carbocycles. The van der Waals surface area contributed by atoms with Crippen molar-refractivity contribution in [1.29, 1.82) is 0 Å². The molecule has 2 unspecified atom stereocenters. The third kappa shape index (κ3) is 22.7. The fraction of sp³-hybridized carbons (Fsp3) is 1.00. The minimum Gasteiger partial charge on any atom is -0.748 e. The zero-order valence-corrected chi connectivity index (χ0v) is 24.3. The fourth-order valence-electron chi connectivity index (χ4n) is 3.98. The van der Waals surface area contributed by atoms with E-state index in [4.69, 9.17) is 0 Å². The van der Waals surface area contributed by atoms with Crippen LogP contribution in [0.15, 0.2) is 0 Å². The van der Waals surface area contributed by atoms with E-state index in [0.717, 1.165) is 38.5 Å². The Bertz CT molecular complexity index is 442. The topological polar surface area (TPSA) is 77.4 Å². The number of aliphatic hydroxyl groups is 1. The summed E-state index contributed by atoms with van der Waals surface area (Å²) in [7, 11) is -4.26. The minimum atomic E-state index is -4.26. The van der Waals surface area contributed by atoms with E-state index in [1.54, 1.807) is 0 Å². The Hall–Kier alpha value is 1.51. The monoisotopic (exact) mass is 472 g/mol. The molecule has 0 saturated heterocycles. The predicted octanol–water partition coefficient (Wildman–Crippen LogP) is 4.11. The van der Waals surface area contributed by atoms with E-state index in [2.05, 4.69) is 13.8 Å². The van der Waals surface area contributed by atoms with Gasteiger partial charge in [0.05, 0.1) is 16.2 Å². The Morgan fingerprint density at radius 3 is 1.40 bits per heavy atom. The summed E-state index contributed by atoms with van der Waals surface area (Å²) >= 11 is 0. The van der Waals surface area contributed by atoms with Gasteiger partial charge in [-0.1, -0.05) is 117 Å². The zero-order valence-electron chi connectivity index (χ0n) is 20.4. The second-order valence-corrected chi connectivity index (χ2v) is 10.5. The molecule has 0 aliphatic heterocycles. The summed E-state index contributed by atoms with van der Waals surface area (Å²) in [5, 5.41) is 9.15. The summed E-state index contributed by atoms with van der Waals surface area (Å²) in [5.41, 5.74) is 0. The normalized spacial score (nSPS) is 13.7. The SMILES string of the molecule is CCCCCCCCCCCCCCCC(CCC(O)CCCCC)S(=O)(=O)[O-].[K+]. The van der Waals surface area contributed by atoms with Crippen molar-refractivity contribution in [3.05, 3.63) is 0 Å². The number of aliphatic hydroxyl groups excluding tert-OH is 1. The first-order chi connectivity index (χ1) is 13.9. The molecule has 6 heteroatoms. The van der Waals surface area contributed by atoms with Crippen LogP contribution in [-0.4, -0.2) is 29.4 Å². The molecule has 0 fully saturated rings. The van der Waals surface area contributed by atoms with E-state index in [0.29, 0.717) is 25.7 Å². The third-order valence-electron chi connectivity index (χ3n) is 6.00. The Kier molecular flexibility index (Phi) is 26.6. The van der Waals surface area contributed by atoms with Gasteiger partial charge in [0.25, 0.3) is 0 Å². The molecular weight excluding hydrogens is 423 g/mol. The fourth-order valence-corrected chi connectivity index (χ4v) is 4.86. The second kappa shape index (κ2) is 23.7. The summed E-state index contributed by atoms with van der Waals surface area (Å²) in [6.07, 6.45) is 20.8. The van der Waals surface area contributed by atoms with Gasteiger partial charge in [-0.15, -0.1) is 0 Å². The van der Waals surface area contributed by atoms with Gasteiger partial charge >= 0.3 is 51.4 Å². The van der Waals surface area contributed by atoms with E-state index in [1.165, 1.54) is 64.2 Å². The van der Waals surface area contributed by atoms with Gasteiger partial charge in [0.15, 0.2) is 0 Å². The van der Waals surface area contributed by atoms with Gasteiger partial charge in [-0.05, 0) is 25.7 Å². The maximum absolute atomic E-state index is 11.5. The molecule has 176 valence electrons. The van der Waals surface area contributed by atoms with E-state index in [-0.39, 0.29) is 51.4 Å². The molecule has 0 spiro atoms. The summed E-state index contributed by atoms with van der Waals surface area (Å²) in [4.78, 5) is 0. The molecule has 0 aromatic carbocycles. The molecular formula is C24H49KO4S. The Morgan fingerprint density at radius 1 is 0.600 bits per heavy atom. The van der Waals surface area contributed by atoms with Gasteiger partial charge in [-0.3, -0.25) is 0 Å².